The van der Waals surface area contributed by atoms with Gasteiger partial charge in [-0.25, -0.2) is 4.98 Å². The third-order valence-electron chi connectivity index (χ3n) is 3.74. The molecule has 3 aromatic rings. The van der Waals surface area contributed by atoms with Crippen LogP contribution in [0, 0.1) is 5.92 Å². The molecule has 23 heavy (non-hydrogen) atoms. The number of ether oxygens (including phenoxy) is 1. The van der Waals surface area contributed by atoms with Gasteiger partial charge in [0.25, 0.3) is 0 Å². The zero-order chi connectivity index (χ0) is 16.4. The maximum absolute atomic E-state index is 11.0. The van der Waals surface area contributed by atoms with Crippen LogP contribution in [-0.2, 0) is 22.5 Å². The molecule has 0 aliphatic rings. The maximum Gasteiger partial charge on any atom is 0.302 e. The van der Waals surface area contributed by atoms with Crippen LogP contribution >= 0.6 is 0 Å². The Morgan fingerprint density at radius 3 is 2.78 bits per heavy atom. The van der Waals surface area contributed by atoms with Crippen LogP contribution in [0.4, 0.5) is 0 Å². The molecule has 0 aliphatic carbocycles. The number of nitrogens with zero attached hydrogens (tertiary/aromatic N) is 3. The predicted octanol–water partition coefficient (Wildman–Crippen LogP) is 3.35. The largest absolute Gasteiger partial charge is 0.465 e. The molecule has 3 rings (SSSR count). The van der Waals surface area contributed by atoms with Gasteiger partial charge in [0.15, 0.2) is 0 Å². The van der Waals surface area contributed by atoms with Gasteiger partial charge in [0, 0.05) is 25.3 Å². The highest BCUT2D eigenvalue weighted by Crippen LogP contribution is 2.25. The van der Waals surface area contributed by atoms with Gasteiger partial charge in [-0.05, 0) is 12.0 Å². The summed E-state index contributed by atoms with van der Waals surface area (Å²) in [6, 6.07) is 8.11. The lowest BCUT2D eigenvalue weighted by Crippen LogP contribution is -2.12. The zero-order valence-electron chi connectivity index (χ0n) is 13.7. The third kappa shape index (κ3) is 3.18. The molecule has 0 unspecified atom stereocenters. The summed E-state index contributed by atoms with van der Waals surface area (Å²) in [5.74, 6) is 1.17. The number of rotatable bonds is 5. The van der Waals surface area contributed by atoms with Crippen molar-refractivity contribution in [3.05, 3.63) is 36.3 Å². The summed E-state index contributed by atoms with van der Waals surface area (Å²) in [7, 11) is 0. The zero-order valence-corrected chi connectivity index (χ0v) is 13.7. The Balaban J connectivity index is 2.11. The minimum absolute atomic E-state index is 0.261. The molecule has 120 valence electrons. The van der Waals surface area contributed by atoms with Gasteiger partial charge < -0.3 is 9.30 Å². The van der Waals surface area contributed by atoms with E-state index in [1.165, 1.54) is 6.92 Å². The van der Waals surface area contributed by atoms with Gasteiger partial charge in [-0.1, -0.05) is 32.0 Å². The van der Waals surface area contributed by atoms with Gasteiger partial charge in [0.05, 0.1) is 23.8 Å². The Morgan fingerprint density at radius 2 is 2.04 bits per heavy atom. The van der Waals surface area contributed by atoms with Crippen LogP contribution < -0.4 is 0 Å². The summed E-state index contributed by atoms with van der Waals surface area (Å²) >= 11 is 0. The minimum Gasteiger partial charge on any atom is -0.465 e. The van der Waals surface area contributed by atoms with E-state index in [4.69, 9.17) is 9.72 Å². The van der Waals surface area contributed by atoms with Gasteiger partial charge >= 0.3 is 5.97 Å². The topological polar surface area (TPSA) is 57.0 Å². The minimum atomic E-state index is -0.261. The molecule has 0 N–H and O–H groups in total. The summed E-state index contributed by atoms with van der Waals surface area (Å²) in [5.41, 5.74) is 2.97. The molecular formula is C18H21N3O2. The van der Waals surface area contributed by atoms with Crippen LogP contribution in [0.5, 0.6) is 0 Å². The summed E-state index contributed by atoms with van der Waals surface area (Å²) < 4.78 is 7.32. The van der Waals surface area contributed by atoms with Crippen LogP contribution in [0.25, 0.3) is 21.9 Å². The van der Waals surface area contributed by atoms with E-state index in [0.717, 1.165) is 34.3 Å². The van der Waals surface area contributed by atoms with Crippen molar-refractivity contribution in [1.29, 1.82) is 0 Å². The molecule has 1 aromatic carbocycles. The number of esters is 1. The average Bonchev–Trinajstić information content (AvgIpc) is 2.84. The molecular weight excluding hydrogens is 290 g/mol. The highest BCUT2D eigenvalue weighted by Gasteiger charge is 2.15. The maximum atomic E-state index is 11.0. The Kier molecular flexibility index (Phi) is 4.28. The first kappa shape index (κ1) is 15.5. The van der Waals surface area contributed by atoms with Gasteiger partial charge in [0.1, 0.15) is 11.3 Å². The molecule has 0 atom stereocenters. The van der Waals surface area contributed by atoms with Crippen LogP contribution in [-0.4, -0.2) is 27.1 Å². The second-order valence-corrected chi connectivity index (χ2v) is 6.13. The van der Waals surface area contributed by atoms with Gasteiger partial charge in [-0.2, -0.15) is 0 Å². The molecule has 0 bridgehead atoms. The quantitative estimate of drug-likeness (QED) is 0.678. The fourth-order valence-corrected chi connectivity index (χ4v) is 2.85. The molecule has 2 heterocycles. The predicted molar refractivity (Wildman–Crippen MR) is 90.2 cm³/mol. The molecule has 0 amide bonds. The highest BCUT2D eigenvalue weighted by molar-refractivity contribution is 6.02. The van der Waals surface area contributed by atoms with Crippen molar-refractivity contribution in [2.24, 2.45) is 5.92 Å². The monoisotopic (exact) mass is 311 g/mol. The van der Waals surface area contributed by atoms with Gasteiger partial charge in [-0.15, -0.1) is 0 Å². The Morgan fingerprint density at radius 1 is 1.26 bits per heavy atom. The standard InChI is InChI=1S/C18H21N3O2/c1-12(2)11-21-17(8-9-23-13(3)22)20-16-10-19-15-7-5-4-6-14(15)18(16)21/h4-7,10,12H,8-9,11H2,1-3H3. The fraction of sp³-hybridized carbons (Fsp3) is 0.389. The number of fused-ring (bicyclic) bond motifs is 3. The Labute approximate surface area is 135 Å². The van der Waals surface area contributed by atoms with Crippen LogP contribution in [0.15, 0.2) is 30.5 Å². The number of para-hydroxylation sites is 1. The van der Waals surface area contributed by atoms with Gasteiger partial charge in [-0.3, -0.25) is 9.78 Å². The molecule has 0 aliphatic heterocycles. The van der Waals surface area contributed by atoms with E-state index in [1.54, 1.807) is 0 Å². The summed E-state index contributed by atoms with van der Waals surface area (Å²) in [5, 5.41) is 1.11. The lowest BCUT2D eigenvalue weighted by molar-refractivity contribution is -0.140. The molecule has 0 radical (unpaired) electrons. The molecule has 0 saturated carbocycles. The van der Waals surface area contributed by atoms with E-state index in [-0.39, 0.29) is 5.97 Å². The lowest BCUT2D eigenvalue weighted by atomic mass is 10.1. The Hall–Kier alpha value is -2.43. The first-order valence-corrected chi connectivity index (χ1v) is 7.92. The number of aromatic nitrogens is 3. The number of imidazole rings is 1. The van der Waals surface area contributed by atoms with E-state index in [9.17, 15) is 4.79 Å². The van der Waals surface area contributed by atoms with E-state index in [0.29, 0.717) is 18.9 Å². The van der Waals surface area contributed by atoms with Crippen LogP contribution in [0.3, 0.4) is 0 Å². The van der Waals surface area contributed by atoms with E-state index in [1.807, 2.05) is 24.4 Å². The van der Waals surface area contributed by atoms with Crippen molar-refractivity contribution in [3.63, 3.8) is 0 Å². The van der Waals surface area contributed by atoms with E-state index >= 15 is 0 Å². The highest BCUT2D eigenvalue weighted by atomic mass is 16.5. The normalized spacial score (nSPS) is 11.5. The number of benzene rings is 1. The SMILES string of the molecule is CC(=O)OCCc1nc2cnc3ccccc3c2n1CC(C)C. The number of hydrogen-bond acceptors (Lipinski definition) is 4. The molecule has 0 spiro atoms. The first-order chi connectivity index (χ1) is 11.1. The van der Waals surface area contributed by atoms with Crippen LogP contribution in [0.1, 0.15) is 26.6 Å². The number of carbonyl (C=O) groups is 1. The second-order valence-electron chi connectivity index (χ2n) is 6.13. The lowest BCUT2D eigenvalue weighted by Gasteiger charge is -2.12. The first-order valence-electron chi connectivity index (χ1n) is 7.92. The van der Waals surface area contributed by atoms with E-state index < -0.39 is 0 Å². The van der Waals surface area contributed by atoms with Crippen molar-refractivity contribution in [2.75, 3.05) is 6.61 Å². The van der Waals surface area contributed by atoms with Crippen molar-refractivity contribution >= 4 is 27.9 Å². The number of hydrogen-bond donors (Lipinski definition) is 0. The fourth-order valence-electron chi connectivity index (χ4n) is 2.85. The van der Waals surface area contributed by atoms with Crippen molar-refractivity contribution in [1.82, 2.24) is 14.5 Å². The third-order valence-corrected chi connectivity index (χ3v) is 3.74. The van der Waals surface area contributed by atoms with Crippen LogP contribution in [0.2, 0.25) is 0 Å². The molecule has 5 nitrogen and oxygen atoms in total. The Bertz CT molecular complexity index is 852. The smallest absolute Gasteiger partial charge is 0.302 e. The summed E-state index contributed by atoms with van der Waals surface area (Å²) in [6.45, 7) is 7.02. The molecule has 0 fully saturated rings. The molecule has 5 heteroatoms. The average molecular weight is 311 g/mol. The van der Waals surface area contributed by atoms with E-state index in [2.05, 4.69) is 29.5 Å². The molecule has 0 saturated heterocycles. The van der Waals surface area contributed by atoms with Gasteiger partial charge in [0.2, 0.25) is 0 Å². The summed E-state index contributed by atoms with van der Waals surface area (Å²) in [4.78, 5) is 20.2. The summed E-state index contributed by atoms with van der Waals surface area (Å²) in [6.07, 6.45) is 2.43. The van der Waals surface area contributed by atoms with Crippen molar-refractivity contribution in [2.45, 2.75) is 33.7 Å². The number of carbonyl (C=O) groups excluding carboxylic acids is 1. The molecule has 2 aromatic heterocycles. The van der Waals surface area contributed by atoms with Crippen molar-refractivity contribution in [3.8, 4) is 0 Å². The number of pyridine rings is 1. The second kappa shape index (κ2) is 6.36. The van der Waals surface area contributed by atoms with Crippen molar-refractivity contribution < 1.29 is 9.53 Å².